The van der Waals surface area contributed by atoms with Crippen LogP contribution in [0.2, 0.25) is 0 Å². The van der Waals surface area contributed by atoms with E-state index < -0.39 is 23.4 Å². The van der Waals surface area contributed by atoms with Gasteiger partial charge in [-0.3, -0.25) is 0 Å². The van der Waals surface area contributed by atoms with Gasteiger partial charge in [-0.25, -0.2) is 9.59 Å². The Balaban J connectivity index is 1.26. The highest BCUT2D eigenvalue weighted by molar-refractivity contribution is 5.92. The van der Waals surface area contributed by atoms with Gasteiger partial charge in [0, 0.05) is 12.1 Å². The fourth-order valence-electron chi connectivity index (χ4n) is 7.37. The molecule has 3 rings (SSSR count). The Hall–Kier alpha value is -4.20. The molecule has 334 valence electrons. The summed E-state index contributed by atoms with van der Waals surface area (Å²) in [6.45, 7) is 5.76. The number of ether oxygens (including phenoxy) is 4. The van der Waals surface area contributed by atoms with Crippen LogP contribution in [0.5, 0.6) is 34.5 Å². The first-order chi connectivity index (χ1) is 29.4. The molecule has 8 nitrogen and oxygen atoms in total. The molecule has 0 bridgehead atoms. The first-order valence-electron chi connectivity index (χ1n) is 23.9. The predicted molar refractivity (Wildman–Crippen MR) is 244 cm³/mol. The molecule has 0 atom stereocenters. The molecule has 0 aliphatic carbocycles. The van der Waals surface area contributed by atoms with Crippen molar-refractivity contribution in [1.29, 1.82) is 0 Å². The van der Waals surface area contributed by atoms with Crippen LogP contribution < -0.4 is 18.9 Å². The molecular formula is C52H78O8. The third-order valence-electron chi connectivity index (χ3n) is 11.2. The smallest absolute Gasteiger partial charge is 0.343 e. The van der Waals surface area contributed by atoms with E-state index in [0.717, 1.165) is 37.8 Å². The predicted octanol–water partition coefficient (Wildman–Crippen LogP) is 15.3. The van der Waals surface area contributed by atoms with Gasteiger partial charge in [-0.1, -0.05) is 181 Å². The molecule has 2 N–H and O–H groups in total. The van der Waals surface area contributed by atoms with Gasteiger partial charge in [0.15, 0.2) is 23.0 Å². The molecule has 0 heterocycles. The van der Waals surface area contributed by atoms with Crippen LogP contribution in [0.3, 0.4) is 0 Å². The maximum atomic E-state index is 12.8. The average Bonchev–Trinajstić information content (AvgIpc) is 3.25. The van der Waals surface area contributed by atoms with Crippen LogP contribution in [-0.2, 0) is 0 Å². The maximum absolute atomic E-state index is 12.8. The Kier molecular flexibility index (Phi) is 27.2. The summed E-state index contributed by atoms with van der Waals surface area (Å²) in [4.78, 5) is 25.6. The standard InChI is InChI=1S/C52H78O8/c1-3-5-7-9-11-13-15-17-19-21-23-25-27-29-39-57-45-35-31-43(32-36-45)51(55)59-49-41-48(54)50(42-47(49)53)60-52(56)44-33-37-46(38-34-44)58-40-30-28-26-24-22-20-18-16-14-12-10-8-6-4-2/h31-38,41-42,53-54H,3-30,39-40H2,1-2H3. The highest BCUT2D eigenvalue weighted by Crippen LogP contribution is 2.39. The normalized spacial score (nSPS) is 11.1. The molecular weight excluding hydrogens is 753 g/mol. The van der Waals surface area contributed by atoms with E-state index in [2.05, 4.69) is 13.8 Å². The Labute approximate surface area is 362 Å². The highest BCUT2D eigenvalue weighted by Gasteiger charge is 2.19. The van der Waals surface area contributed by atoms with Gasteiger partial charge in [0.1, 0.15) is 11.5 Å². The fourth-order valence-corrected chi connectivity index (χ4v) is 7.37. The lowest BCUT2D eigenvalue weighted by Gasteiger charge is -2.11. The lowest BCUT2D eigenvalue weighted by molar-refractivity contribution is 0.0711. The molecule has 0 spiro atoms. The van der Waals surface area contributed by atoms with Gasteiger partial charge in [-0.15, -0.1) is 0 Å². The van der Waals surface area contributed by atoms with E-state index in [-0.39, 0.29) is 22.6 Å². The van der Waals surface area contributed by atoms with Crippen molar-refractivity contribution >= 4 is 11.9 Å². The second kappa shape index (κ2) is 32.6. The van der Waals surface area contributed by atoms with E-state index in [9.17, 15) is 19.8 Å². The summed E-state index contributed by atoms with van der Waals surface area (Å²) >= 11 is 0. The van der Waals surface area contributed by atoms with Gasteiger partial charge in [0.05, 0.1) is 24.3 Å². The number of hydrogen-bond acceptors (Lipinski definition) is 8. The van der Waals surface area contributed by atoms with E-state index in [0.29, 0.717) is 24.7 Å². The molecule has 0 amide bonds. The largest absolute Gasteiger partial charge is 0.504 e. The molecule has 3 aromatic carbocycles. The van der Waals surface area contributed by atoms with Crippen LogP contribution in [0.15, 0.2) is 60.7 Å². The molecule has 0 aliphatic rings. The number of benzene rings is 3. The van der Waals surface area contributed by atoms with E-state index >= 15 is 0 Å². The van der Waals surface area contributed by atoms with E-state index in [1.165, 1.54) is 154 Å². The lowest BCUT2D eigenvalue weighted by Crippen LogP contribution is -2.10. The van der Waals surface area contributed by atoms with E-state index in [1.54, 1.807) is 48.5 Å². The minimum atomic E-state index is -0.723. The van der Waals surface area contributed by atoms with Gasteiger partial charge < -0.3 is 29.2 Å². The van der Waals surface area contributed by atoms with Crippen molar-refractivity contribution in [2.45, 2.75) is 194 Å². The van der Waals surface area contributed by atoms with E-state index in [4.69, 9.17) is 18.9 Å². The molecule has 60 heavy (non-hydrogen) atoms. The molecule has 0 saturated heterocycles. The number of carbonyl (C=O) groups is 2. The maximum Gasteiger partial charge on any atom is 0.343 e. The number of esters is 2. The molecule has 0 fully saturated rings. The number of rotatable bonds is 36. The van der Waals surface area contributed by atoms with Gasteiger partial charge in [0.25, 0.3) is 0 Å². The van der Waals surface area contributed by atoms with Gasteiger partial charge in [-0.2, -0.15) is 0 Å². The molecule has 0 radical (unpaired) electrons. The van der Waals surface area contributed by atoms with Crippen LogP contribution in [-0.4, -0.2) is 35.4 Å². The van der Waals surface area contributed by atoms with Crippen LogP contribution >= 0.6 is 0 Å². The van der Waals surface area contributed by atoms with Crippen LogP contribution in [0.1, 0.15) is 214 Å². The van der Waals surface area contributed by atoms with E-state index in [1.807, 2.05) is 0 Å². The first-order valence-corrected chi connectivity index (χ1v) is 23.9. The number of unbranched alkanes of at least 4 members (excludes halogenated alkanes) is 26. The molecule has 0 saturated carbocycles. The van der Waals surface area contributed by atoms with Crippen molar-refractivity contribution in [2.24, 2.45) is 0 Å². The molecule has 3 aromatic rings. The Bertz CT molecular complexity index is 1430. The summed E-state index contributed by atoms with van der Waals surface area (Å²) in [5.74, 6) is -1.59. The molecule has 0 aliphatic heterocycles. The minimum Gasteiger partial charge on any atom is -0.504 e. The van der Waals surface area contributed by atoms with Crippen LogP contribution in [0.4, 0.5) is 0 Å². The van der Waals surface area contributed by atoms with Gasteiger partial charge in [-0.05, 0) is 61.4 Å². The average molecular weight is 831 g/mol. The summed E-state index contributed by atoms with van der Waals surface area (Å²) in [5.41, 5.74) is 0.500. The zero-order valence-electron chi connectivity index (χ0n) is 37.3. The minimum absolute atomic E-state index is 0.250. The number of phenols is 2. The van der Waals surface area contributed by atoms with Crippen molar-refractivity contribution in [2.75, 3.05) is 13.2 Å². The second-order valence-electron chi connectivity index (χ2n) is 16.5. The number of hydrogen-bond donors (Lipinski definition) is 2. The summed E-state index contributed by atoms with van der Waals surface area (Å²) in [5, 5.41) is 21.1. The highest BCUT2D eigenvalue weighted by atomic mass is 16.6. The first kappa shape index (κ1) is 50.2. The molecule has 0 unspecified atom stereocenters. The van der Waals surface area contributed by atoms with Crippen molar-refractivity contribution < 1.29 is 38.7 Å². The summed E-state index contributed by atoms with van der Waals surface area (Å²) in [6.07, 6.45) is 36.6. The zero-order valence-corrected chi connectivity index (χ0v) is 37.3. The van der Waals surface area contributed by atoms with Crippen molar-refractivity contribution in [3.05, 3.63) is 71.8 Å². The number of phenolic OH excluding ortho intramolecular Hbond substituents is 2. The SMILES string of the molecule is CCCCCCCCCCCCCCCCOc1ccc(C(=O)Oc2cc(O)c(OC(=O)c3ccc(OCCCCCCCCCCCCCCCC)cc3)cc2O)cc1. The quantitative estimate of drug-likeness (QED) is 0.0258. The van der Waals surface area contributed by atoms with Crippen molar-refractivity contribution in [3.8, 4) is 34.5 Å². The molecule has 8 heteroatoms. The Morgan fingerprint density at radius 3 is 0.900 bits per heavy atom. The van der Waals surface area contributed by atoms with Gasteiger partial charge in [0.2, 0.25) is 0 Å². The second-order valence-corrected chi connectivity index (χ2v) is 16.5. The topological polar surface area (TPSA) is 112 Å². The monoisotopic (exact) mass is 831 g/mol. The molecule has 0 aromatic heterocycles. The third-order valence-corrected chi connectivity index (χ3v) is 11.2. The van der Waals surface area contributed by atoms with Crippen molar-refractivity contribution in [3.63, 3.8) is 0 Å². The Morgan fingerprint density at radius 1 is 0.383 bits per heavy atom. The Morgan fingerprint density at radius 2 is 0.633 bits per heavy atom. The number of carbonyl (C=O) groups excluding carboxylic acids is 2. The van der Waals surface area contributed by atoms with Gasteiger partial charge >= 0.3 is 11.9 Å². The van der Waals surface area contributed by atoms with Crippen LogP contribution in [0, 0.1) is 0 Å². The van der Waals surface area contributed by atoms with Crippen LogP contribution in [0.25, 0.3) is 0 Å². The lowest BCUT2D eigenvalue weighted by atomic mass is 10.0. The van der Waals surface area contributed by atoms with Crippen molar-refractivity contribution in [1.82, 2.24) is 0 Å². The summed E-state index contributed by atoms with van der Waals surface area (Å²) < 4.78 is 22.4. The number of aromatic hydroxyl groups is 2. The summed E-state index contributed by atoms with van der Waals surface area (Å²) in [7, 11) is 0. The third kappa shape index (κ3) is 22.4. The zero-order chi connectivity index (χ0) is 42.9. The summed E-state index contributed by atoms with van der Waals surface area (Å²) in [6, 6.07) is 15.3. The fraction of sp³-hybridized carbons (Fsp3) is 0.615.